The molecule has 0 heterocycles. The third kappa shape index (κ3) is 4.20. The molecule has 7 nitrogen and oxygen atoms in total. The van der Waals surface area contributed by atoms with Gasteiger partial charge in [0.05, 0.1) is 7.11 Å². The lowest BCUT2D eigenvalue weighted by molar-refractivity contribution is -0.150. The van der Waals surface area contributed by atoms with E-state index >= 15 is 0 Å². The van der Waals surface area contributed by atoms with Crippen molar-refractivity contribution in [2.45, 2.75) is 44.7 Å². The van der Waals surface area contributed by atoms with Crippen LogP contribution in [0.15, 0.2) is 48.5 Å². The smallest absolute Gasteiger partial charge is 0.410 e. The summed E-state index contributed by atoms with van der Waals surface area (Å²) in [6.45, 7) is 6.43. The van der Waals surface area contributed by atoms with Gasteiger partial charge in [0.1, 0.15) is 17.7 Å². The Morgan fingerprint density at radius 2 is 1.44 bits per heavy atom. The number of methoxy groups -OCH3 is 1. The Bertz CT molecular complexity index is 999. The first-order valence-corrected chi connectivity index (χ1v) is 10.5. The summed E-state index contributed by atoms with van der Waals surface area (Å²) in [4.78, 5) is 38.9. The van der Waals surface area contributed by atoms with Crippen LogP contribution in [0.4, 0.5) is 4.79 Å². The maximum atomic E-state index is 12.9. The fourth-order valence-electron chi connectivity index (χ4n) is 3.81. The molecule has 0 aliphatic heterocycles. The highest BCUT2D eigenvalue weighted by Crippen LogP contribution is 2.44. The molecular weight excluding hydrogens is 408 g/mol. The fraction of sp³-hybridized carbons (Fsp3) is 0.400. The molecule has 3 rings (SSSR count). The molecule has 0 atom stereocenters. The topological polar surface area (TPSA) is 84.9 Å². The van der Waals surface area contributed by atoms with Crippen LogP contribution >= 0.6 is 0 Å². The molecule has 0 spiro atoms. The van der Waals surface area contributed by atoms with Crippen LogP contribution in [0.2, 0.25) is 0 Å². The number of esters is 1. The van der Waals surface area contributed by atoms with Crippen molar-refractivity contribution in [3.63, 3.8) is 0 Å². The van der Waals surface area contributed by atoms with E-state index in [2.05, 4.69) is 17.4 Å². The first kappa shape index (κ1) is 23.3. The summed E-state index contributed by atoms with van der Waals surface area (Å²) in [5.74, 6) is -1.15. The van der Waals surface area contributed by atoms with E-state index in [9.17, 15) is 14.4 Å². The third-order valence-corrected chi connectivity index (χ3v) is 6.13. The van der Waals surface area contributed by atoms with Crippen molar-refractivity contribution in [3.05, 3.63) is 59.7 Å². The monoisotopic (exact) mass is 438 g/mol. The summed E-state index contributed by atoms with van der Waals surface area (Å²) in [5.41, 5.74) is 2.02. The molecule has 1 aliphatic rings. The zero-order chi connectivity index (χ0) is 23.7. The van der Waals surface area contributed by atoms with Crippen molar-refractivity contribution in [1.82, 2.24) is 10.2 Å². The van der Waals surface area contributed by atoms with Crippen molar-refractivity contribution >= 4 is 18.0 Å². The van der Waals surface area contributed by atoms with Crippen molar-refractivity contribution in [2.24, 2.45) is 0 Å². The average molecular weight is 439 g/mol. The minimum Gasteiger partial charge on any atom is -0.467 e. The summed E-state index contributed by atoms with van der Waals surface area (Å²) in [6.07, 6.45) is -0.622. The van der Waals surface area contributed by atoms with E-state index in [1.165, 1.54) is 19.1 Å². The predicted molar refractivity (Wildman–Crippen MR) is 121 cm³/mol. The second-order valence-corrected chi connectivity index (χ2v) is 8.99. The van der Waals surface area contributed by atoms with Gasteiger partial charge in [0.25, 0.3) is 0 Å². The zero-order valence-electron chi connectivity index (χ0n) is 19.4. The largest absolute Gasteiger partial charge is 0.467 e. The van der Waals surface area contributed by atoms with Gasteiger partial charge in [0, 0.05) is 13.0 Å². The lowest BCUT2D eigenvalue weighted by Crippen LogP contribution is -2.61. The van der Waals surface area contributed by atoms with E-state index in [0.717, 1.165) is 22.3 Å². The number of fused-ring (bicyclic) bond motifs is 3. The molecular formula is C25H30N2O5. The van der Waals surface area contributed by atoms with E-state index in [-0.39, 0.29) is 12.5 Å². The molecule has 0 fully saturated rings. The van der Waals surface area contributed by atoms with Crippen molar-refractivity contribution < 1.29 is 23.9 Å². The number of hydrogen-bond donors (Lipinski definition) is 1. The number of benzene rings is 2. The van der Waals surface area contributed by atoms with Crippen LogP contribution in [0.1, 0.15) is 44.7 Å². The molecule has 7 heteroatoms. The summed E-state index contributed by atoms with van der Waals surface area (Å²) in [7, 11) is 2.76. The molecule has 2 amide bonds. The molecule has 1 N–H and O–H groups in total. The molecule has 1 aliphatic carbocycles. The number of carbonyl (C=O) groups is 3. The Morgan fingerprint density at radius 3 is 1.94 bits per heavy atom. The lowest BCUT2D eigenvalue weighted by atomic mass is 9.98. The molecule has 0 aromatic heterocycles. The average Bonchev–Trinajstić information content (AvgIpc) is 3.09. The summed E-state index contributed by atoms with van der Waals surface area (Å²) < 4.78 is 10.4. The van der Waals surface area contributed by atoms with Crippen LogP contribution in [0, 0.1) is 0 Å². The number of nitrogens with zero attached hydrogens (tertiary/aromatic N) is 1. The first-order valence-electron chi connectivity index (χ1n) is 10.5. The van der Waals surface area contributed by atoms with E-state index in [4.69, 9.17) is 9.47 Å². The lowest BCUT2D eigenvalue weighted by Gasteiger charge is -2.36. The second kappa shape index (κ2) is 8.65. The number of rotatable bonds is 6. The molecule has 0 radical (unpaired) electrons. The van der Waals surface area contributed by atoms with Gasteiger partial charge in [-0.25, -0.2) is 9.59 Å². The van der Waals surface area contributed by atoms with Crippen LogP contribution in [-0.2, 0) is 19.1 Å². The van der Waals surface area contributed by atoms with Crippen LogP contribution in [-0.4, -0.2) is 54.7 Å². The Kier molecular flexibility index (Phi) is 6.30. The molecule has 0 saturated carbocycles. The first-order chi connectivity index (χ1) is 15.0. The van der Waals surface area contributed by atoms with Crippen molar-refractivity contribution in [3.8, 4) is 11.1 Å². The molecule has 32 heavy (non-hydrogen) atoms. The van der Waals surface area contributed by atoms with Gasteiger partial charge in [-0.3, -0.25) is 9.69 Å². The van der Waals surface area contributed by atoms with Gasteiger partial charge in [0.15, 0.2) is 0 Å². The van der Waals surface area contributed by atoms with Crippen LogP contribution in [0.25, 0.3) is 11.1 Å². The van der Waals surface area contributed by atoms with Crippen molar-refractivity contribution in [2.75, 3.05) is 20.8 Å². The van der Waals surface area contributed by atoms with E-state index in [1.807, 2.05) is 36.4 Å². The van der Waals surface area contributed by atoms with E-state index < -0.39 is 29.0 Å². The molecule has 0 unspecified atom stereocenters. The van der Waals surface area contributed by atoms with Gasteiger partial charge < -0.3 is 14.8 Å². The van der Waals surface area contributed by atoms with Crippen molar-refractivity contribution in [1.29, 1.82) is 0 Å². The van der Waals surface area contributed by atoms with Gasteiger partial charge in [-0.15, -0.1) is 0 Å². The van der Waals surface area contributed by atoms with Gasteiger partial charge in [-0.1, -0.05) is 48.5 Å². The van der Waals surface area contributed by atoms with E-state index in [1.54, 1.807) is 27.7 Å². The standard InChI is InChI=1S/C25H30N2O5/c1-24(2,22(29)31-6)26-21(28)25(3,4)27(5)23(30)32-15-20-18-13-9-7-11-16(18)17-12-8-10-14-19(17)20/h7-14,20H,15H2,1-6H3,(H,26,28). The van der Waals surface area contributed by atoms with Gasteiger partial charge in [0.2, 0.25) is 5.91 Å². The van der Waals surface area contributed by atoms with Crippen LogP contribution in [0.3, 0.4) is 0 Å². The number of likely N-dealkylation sites (N-methyl/N-ethyl adjacent to an activating group) is 1. The highest BCUT2D eigenvalue weighted by molar-refractivity contribution is 5.93. The number of carbonyl (C=O) groups excluding carboxylic acids is 3. The number of nitrogens with one attached hydrogen (secondary N) is 1. The predicted octanol–water partition coefficient (Wildman–Crippen LogP) is 3.71. The van der Waals surface area contributed by atoms with Gasteiger partial charge >= 0.3 is 12.1 Å². The second-order valence-electron chi connectivity index (χ2n) is 8.99. The highest BCUT2D eigenvalue weighted by atomic mass is 16.6. The maximum Gasteiger partial charge on any atom is 0.410 e. The minimum atomic E-state index is -1.26. The van der Waals surface area contributed by atoms with Gasteiger partial charge in [-0.05, 0) is 49.9 Å². The Balaban J connectivity index is 1.71. The van der Waals surface area contributed by atoms with Gasteiger partial charge in [-0.2, -0.15) is 0 Å². The SMILES string of the molecule is COC(=O)C(C)(C)NC(=O)C(C)(C)N(C)C(=O)OCC1c2ccccc2-c2ccccc21. The number of hydrogen-bond acceptors (Lipinski definition) is 5. The maximum absolute atomic E-state index is 12.9. The van der Waals surface area contributed by atoms with E-state index in [0.29, 0.717) is 0 Å². The fourth-order valence-corrected chi connectivity index (χ4v) is 3.81. The summed E-state index contributed by atoms with van der Waals surface area (Å²) >= 11 is 0. The number of amides is 2. The zero-order valence-corrected chi connectivity index (χ0v) is 19.4. The summed E-state index contributed by atoms with van der Waals surface area (Å²) in [6, 6.07) is 16.2. The molecule has 2 aromatic carbocycles. The normalized spacial score (nSPS) is 13.1. The van der Waals surface area contributed by atoms with Crippen LogP contribution in [0.5, 0.6) is 0 Å². The Hall–Kier alpha value is -3.35. The molecule has 0 saturated heterocycles. The molecule has 2 aromatic rings. The molecule has 0 bridgehead atoms. The summed E-state index contributed by atoms with van der Waals surface area (Å²) in [5, 5.41) is 2.64. The minimum absolute atomic E-state index is 0.0741. The van der Waals surface area contributed by atoms with Crippen LogP contribution < -0.4 is 5.32 Å². The Morgan fingerprint density at radius 1 is 0.938 bits per heavy atom. The Labute approximate surface area is 188 Å². The molecule has 170 valence electrons. The third-order valence-electron chi connectivity index (χ3n) is 6.13. The quantitative estimate of drug-likeness (QED) is 0.695. The number of ether oxygens (including phenoxy) is 2. The highest BCUT2D eigenvalue weighted by Gasteiger charge is 2.41.